The monoisotopic (exact) mass is 328 g/mol. The number of rotatable bonds is 5. The summed E-state index contributed by atoms with van der Waals surface area (Å²) in [7, 11) is 1.46. The summed E-state index contributed by atoms with van der Waals surface area (Å²) >= 11 is 0. The highest BCUT2D eigenvalue weighted by Crippen LogP contribution is 2.33. The molecule has 1 aliphatic rings. The van der Waals surface area contributed by atoms with E-state index in [2.05, 4.69) is 6.92 Å². The lowest BCUT2D eigenvalue weighted by atomic mass is 9.87. The van der Waals surface area contributed by atoms with E-state index in [1.165, 1.54) is 7.11 Å². The van der Waals surface area contributed by atoms with Crippen LogP contribution in [0.25, 0.3) is 5.57 Å². The number of hydrogen-bond donors (Lipinski definition) is 0. The fourth-order valence-electron chi connectivity index (χ4n) is 3.25. The van der Waals surface area contributed by atoms with Gasteiger partial charge in [0.15, 0.2) is 11.6 Å². The maximum atomic E-state index is 14.5. The lowest BCUT2D eigenvalue weighted by Crippen LogP contribution is -2.07. The van der Waals surface area contributed by atoms with Gasteiger partial charge in [-0.25, -0.2) is 8.78 Å². The summed E-state index contributed by atoms with van der Waals surface area (Å²) in [6.45, 7) is 2.13. The van der Waals surface area contributed by atoms with E-state index in [4.69, 9.17) is 4.74 Å². The number of hydrogen-bond acceptors (Lipinski definition) is 1. The fraction of sp³-hybridized carbons (Fsp3) is 0.333. The molecule has 0 amide bonds. The van der Waals surface area contributed by atoms with E-state index in [9.17, 15) is 8.78 Å². The molecular formula is C21H22F2O. The van der Waals surface area contributed by atoms with Gasteiger partial charge in [-0.1, -0.05) is 37.6 Å². The molecule has 24 heavy (non-hydrogen) atoms. The zero-order valence-electron chi connectivity index (χ0n) is 14.2. The van der Waals surface area contributed by atoms with Crippen LogP contribution in [0.15, 0.2) is 36.4 Å². The van der Waals surface area contributed by atoms with Crippen LogP contribution in [0.2, 0.25) is 0 Å². The Morgan fingerprint density at radius 1 is 1.12 bits per heavy atom. The Balaban J connectivity index is 1.86. The van der Waals surface area contributed by atoms with E-state index in [1.807, 2.05) is 24.3 Å². The van der Waals surface area contributed by atoms with Gasteiger partial charge in [0.25, 0.3) is 0 Å². The first kappa shape index (κ1) is 16.7. The van der Waals surface area contributed by atoms with Crippen molar-refractivity contribution < 1.29 is 13.5 Å². The second kappa shape index (κ2) is 7.16. The number of unbranched alkanes of at least 4 members (excludes halogenated alkanes) is 1. The molecule has 126 valence electrons. The highest BCUT2D eigenvalue weighted by molar-refractivity contribution is 5.71. The summed E-state index contributed by atoms with van der Waals surface area (Å²) in [6, 6.07) is 9.01. The zero-order chi connectivity index (χ0) is 17.1. The third-order valence-corrected chi connectivity index (χ3v) is 4.66. The van der Waals surface area contributed by atoms with E-state index in [1.54, 1.807) is 12.1 Å². The molecule has 0 heterocycles. The van der Waals surface area contributed by atoms with Crippen LogP contribution >= 0.6 is 0 Å². The number of ether oxygens (including phenoxy) is 1. The van der Waals surface area contributed by atoms with Crippen LogP contribution < -0.4 is 4.74 Å². The van der Waals surface area contributed by atoms with Gasteiger partial charge < -0.3 is 4.74 Å². The van der Waals surface area contributed by atoms with Gasteiger partial charge in [0.2, 0.25) is 0 Å². The molecule has 2 aromatic rings. The van der Waals surface area contributed by atoms with Crippen LogP contribution in [-0.4, -0.2) is 7.11 Å². The maximum Gasteiger partial charge on any atom is 0.168 e. The molecule has 0 atom stereocenters. The first-order valence-corrected chi connectivity index (χ1v) is 8.46. The lowest BCUT2D eigenvalue weighted by molar-refractivity contribution is 0.384. The predicted molar refractivity (Wildman–Crippen MR) is 93.3 cm³/mol. The topological polar surface area (TPSA) is 9.23 Å². The minimum Gasteiger partial charge on any atom is -0.494 e. The Bertz CT molecular complexity index is 778. The van der Waals surface area contributed by atoms with Gasteiger partial charge in [-0.15, -0.1) is 0 Å². The molecule has 0 bridgehead atoms. The summed E-state index contributed by atoms with van der Waals surface area (Å²) in [5, 5.41) is 0. The minimum atomic E-state index is -0.305. The number of methoxy groups -OCH3 is 1. The summed E-state index contributed by atoms with van der Waals surface area (Å²) in [6.07, 6.45) is 6.00. The number of benzene rings is 2. The SMILES string of the molecule is CCCCc1ccc(C2=CCc3c(ccc(OC)c3F)C2)c(F)c1. The largest absolute Gasteiger partial charge is 0.494 e. The summed E-state index contributed by atoms with van der Waals surface area (Å²) in [5.41, 5.74) is 4.13. The van der Waals surface area contributed by atoms with Gasteiger partial charge in [-0.2, -0.15) is 0 Å². The highest BCUT2D eigenvalue weighted by atomic mass is 19.1. The second-order valence-electron chi connectivity index (χ2n) is 6.25. The molecule has 0 N–H and O–H groups in total. The van der Waals surface area contributed by atoms with Crippen molar-refractivity contribution in [1.29, 1.82) is 0 Å². The van der Waals surface area contributed by atoms with Crippen LogP contribution in [-0.2, 0) is 19.3 Å². The van der Waals surface area contributed by atoms with Crippen molar-refractivity contribution in [3.05, 3.63) is 70.3 Å². The molecule has 1 aliphatic carbocycles. The molecule has 0 aliphatic heterocycles. The molecule has 0 unspecified atom stereocenters. The normalized spacial score (nSPS) is 13.4. The first-order chi connectivity index (χ1) is 11.6. The van der Waals surface area contributed by atoms with Crippen LogP contribution in [0, 0.1) is 11.6 Å². The number of aryl methyl sites for hydroxylation is 1. The van der Waals surface area contributed by atoms with Crippen molar-refractivity contribution in [3.63, 3.8) is 0 Å². The highest BCUT2D eigenvalue weighted by Gasteiger charge is 2.20. The van der Waals surface area contributed by atoms with E-state index in [0.717, 1.165) is 36.0 Å². The molecule has 0 aromatic heterocycles. The van der Waals surface area contributed by atoms with Crippen molar-refractivity contribution in [2.24, 2.45) is 0 Å². The predicted octanol–water partition coefficient (Wildman–Crippen LogP) is 5.50. The van der Waals surface area contributed by atoms with Crippen molar-refractivity contribution in [2.75, 3.05) is 7.11 Å². The zero-order valence-corrected chi connectivity index (χ0v) is 14.2. The maximum absolute atomic E-state index is 14.5. The summed E-state index contributed by atoms with van der Waals surface area (Å²) in [4.78, 5) is 0. The number of fused-ring (bicyclic) bond motifs is 1. The first-order valence-electron chi connectivity index (χ1n) is 8.46. The van der Waals surface area contributed by atoms with Crippen molar-refractivity contribution in [3.8, 4) is 5.75 Å². The fourth-order valence-corrected chi connectivity index (χ4v) is 3.25. The molecule has 3 heteroatoms. The second-order valence-corrected chi connectivity index (χ2v) is 6.25. The molecule has 1 nitrogen and oxygen atoms in total. The number of halogens is 2. The molecular weight excluding hydrogens is 306 g/mol. The van der Waals surface area contributed by atoms with Crippen LogP contribution in [0.4, 0.5) is 8.78 Å². The average Bonchev–Trinajstić information content (AvgIpc) is 2.60. The van der Waals surface area contributed by atoms with E-state index in [-0.39, 0.29) is 17.4 Å². The van der Waals surface area contributed by atoms with Gasteiger partial charge in [0.1, 0.15) is 5.82 Å². The summed E-state index contributed by atoms with van der Waals surface area (Å²) in [5.74, 6) is -0.231. The van der Waals surface area contributed by atoms with Gasteiger partial charge >= 0.3 is 0 Å². The number of allylic oxidation sites excluding steroid dienone is 2. The summed E-state index contributed by atoms with van der Waals surface area (Å²) < 4.78 is 33.8. The molecule has 2 aromatic carbocycles. The van der Waals surface area contributed by atoms with Crippen molar-refractivity contribution >= 4 is 5.57 Å². The Kier molecular flexibility index (Phi) is 4.98. The molecule has 0 saturated carbocycles. The quantitative estimate of drug-likeness (QED) is 0.704. The molecule has 0 saturated heterocycles. The minimum absolute atomic E-state index is 0.188. The third kappa shape index (κ3) is 3.21. The smallest absolute Gasteiger partial charge is 0.168 e. The van der Waals surface area contributed by atoms with E-state index < -0.39 is 0 Å². The van der Waals surface area contributed by atoms with E-state index in [0.29, 0.717) is 24.0 Å². The van der Waals surface area contributed by atoms with Crippen molar-refractivity contribution in [2.45, 2.75) is 39.0 Å². The van der Waals surface area contributed by atoms with Gasteiger partial charge in [0.05, 0.1) is 7.11 Å². The molecule has 0 fully saturated rings. The molecule has 0 radical (unpaired) electrons. The lowest BCUT2D eigenvalue weighted by Gasteiger charge is -2.20. The standard InChI is InChI=1S/C21H22F2O/c1-3-4-5-14-6-9-17(19(22)12-14)15-7-10-18-16(13-15)8-11-20(24-2)21(18)23/h6-9,11-12H,3-5,10,13H2,1-2H3. The Morgan fingerprint density at radius 3 is 2.67 bits per heavy atom. The Morgan fingerprint density at radius 2 is 1.96 bits per heavy atom. The Hall–Kier alpha value is -2.16. The third-order valence-electron chi connectivity index (χ3n) is 4.66. The average molecular weight is 328 g/mol. The van der Waals surface area contributed by atoms with Crippen LogP contribution in [0.1, 0.15) is 42.0 Å². The molecule has 3 rings (SSSR count). The Labute approximate surface area is 142 Å². The van der Waals surface area contributed by atoms with Gasteiger partial charge in [-0.3, -0.25) is 0 Å². The van der Waals surface area contributed by atoms with E-state index >= 15 is 0 Å². The van der Waals surface area contributed by atoms with Crippen LogP contribution in [0.3, 0.4) is 0 Å². The molecule has 0 spiro atoms. The van der Waals surface area contributed by atoms with Gasteiger partial charge in [-0.05, 0) is 60.1 Å². The van der Waals surface area contributed by atoms with Gasteiger partial charge in [0, 0.05) is 5.56 Å². The van der Waals surface area contributed by atoms with Crippen LogP contribution in [0.5, 0.6) is 5.75 Å². The van der Waals surface area contributed by atoms with Crippen molar-refractivity contribution in [1.82, 2.24) is 0 Å².